The number of hydrogen-bond donors (Lipinski definition) is 0. The highest BCUT2D eigenvalue weighted by Gasteiger charge is 2.08. The second-order valence-electron chi connectivity index (χ2n) is 2.80. The number of rotatable bonds is 1. The average Bonchev–Trinajstić information content (AvgIpc) is 2.20. The molecule has 0 aliphatic heterocycles. The van der Waals surface area contributed by atoms with E-state index in [1.165, 1.54) is 7.11 Å². The number of methoxy groups -OCH3 is 1. The van der Waals surface area contributed by atoms with Crippen molar-refractivity contribution >= 4 is 26.8 Å². The third-order valence-corrected chi connectivity index (χ3v) is 2.38. The fourth-order valence-electron chi connectivity index (χ4n) is 1.28. The number of fused-ring (bicyclic) bond motifs is 1. The van der Waals surface area contributed by atoms with Gasteiger partial charge in [-0.15, -0.1) is 0 Å². The Morgan fingerprint density at radius 1 is 1.43 bits per heavy atom. The molecule has 4 heteroatoms. The van der Waals surface area contributed by atoms with Crippen molar-refractivity contribution in [3.8, 4) is 5.75 Å². The molecule has 0 spiro atoms. The molecular weight excluding hydrogens is 249 g/mol. The highest BCUT2D eigenvalue weighted by molar-refractivity contribution is 9.10. The van der Waals surface area contributed by atoms with E-state index in [9.17, 15) is 4.39 Å². The van der Waals surface area contributed by atoms with Crippen LogP contribution < -0.4 is 4.74 Å². The van der Waals surface area contributed by atoms with Crippen LogP contribution >= 0.6 is 15.9 Å². The maximum absolute atomic E-state index is 13.7. The van der Waals surface area contributed by atoms with Crippen LogP contribution in [0.1, 0.15) is 0 Å². The minimum atomic E-state index is -0.376. The highest BCUT2D eigenvalue weighted by atomic mass is 79.9. The lowest BCUT2D eigenvalue weighted by molar-refractivity contribution is 0.389. The summed E-state index contributed by atoms with van der Waals surface area (Å²) >= 11 is 3.24. The van der Waals surface area contributed by atoms with Crippen molar-refractivity contribution in [2.45, 2.75) is 0 Å². The molecule has 0 aliphatic carbocycles. The summed E-state index contributed by atoms with van der Waals surface area (Å²) in [5, 5.41) is 0.457. The van der Waals surface area contributed by atoms with E-state index >= 15 is 0 Å². The Morgan fingerprint density at radius 3 is 2.93 bits per heavy atom. The van der Waals surface area contributed by atoms with E-state index in [0.29, 0.717) is 10.9 Å². The third-order valence-electron chi connectivity index (χ3n) is 1.95. The van der Waals surface area contributed by atoms with Gasteiger partial charge < -0.3 is 4.74 Å². The molecule has 2 rings (SSSR count). The van der Waals surface area contributed by atoms with Gasteiger partial charge in [0, 0.05) is 16.1 Å². The number of hydrogen-bond acceptors (Lipinski definition) is 2. The van der Waals surface area contributed by atoms with Crippen LogP contribution in [0.4, 0.5) is 4.39 Å². The van der Waals surface area contributed by atoms with Gasteiger partial charge in [0.2, 0.25) is 0 Å². The number of pyridine rings is 1. The molecular formula is C10H7BrFNO. The van der Waals surface area contributed by atoms with Gasteiger partial charge in [0.1, 0.15) is 0 Å². The van der Waals surface area contributed by atoms with E-state index in [2.05, 4.69) is 20.9 Å². The quantitative estimate of drug-likeness (QED) is 0.781. The first kappa shape index (κ1) is 9.40. The Morgan fingerprint density at radius 2 is 2.21 bits per heavy atom. The molecule has 0 unspecified atom stereocenters. The molecule has 1 heterocycles. The number of nitrogens with zero attached hydrogens (tertiary/aromatic N) is 1. The van der Waals surface area contributed by atoms with Crippen LogP contribution in [0.5, 0.6) is 5.75 Å². The molecule has 0 radical (unpaired) electrons. The summed E-state index contributed by atoms with van der Waals surface area (Å²) in [5.74, 6) is -0.142. The van der Waals surface area contributed by atoms with Crippen molar-refractivity contribution in [3.05, 3.63) is 34.7 Å². The molecule has 0 bridgehead atoms. The van der Waals surface area contributed by atoms with Crippen LogP contribution in [0.3, 0.4) is 0 Å². The number of ether oxygens (including phenoxy) is 1. The molecule has 0 saturated carbocycles. The lowest BCUT2D eigenvalue weighted by Gasteiger charge is -2.04. The topological polar surface area (TPSA) is 22.1 Å². The maximum Gasteiger partial charge on any atom is 0.174 e. The molecule has 0 N–H and O–H groups in total. The average molecular weight is 256 g/mol. The maximum atomic E-state index is 13.7. The molecule has 72 valence electrons. The number of halogens is 2. The summed E-state index contributed by atoms with van der Waals surface area (Å²) in [7, 11) is 1.44. The number of benzene rings is 1. The lowest BCUT2D eigenvalue weighted by atomic mass is 10.2. The Balaban J connectivity index is 2.79. The normalized spacial score (nSPS) is 10.5. The highest BCUT2D eigenvalue weighted by Crippen LogP contribution is 2.26. The van der Waals surface area contributed by atoms with Crippen molar-refractivity contribution in [3.63, 3.8) is 0 Å². The standard InChI is InChI=1S/C10H7BrFNO/c1-14-9-3-2-8-7(10(9)12)4-6(11)5-13-8/h2-5H,1H3. The van der Waals surface area contributed by atoms with E-state index in [-0.39, 0.29) is 11.6 Å². The first-order chi connectivity index (χ1) is 6.72. The summed E-state index contributed by atoms with van der Waals surface area (Å²) < 4.78 is 19.3. The molecule has 2 nitrogen and oxygen atoms in total. The van der Waals surface area contributed by atoms with Crippen LogP contribution in [0.2, 0.25) is 0 Å². The zero-order valence-corrected chi connectivity index (χ0v) is 9.01. The smallest absolute Gasteiger partial charge is 0.174 e. The van der Waals surface area contributed by atoms with Gasteiger partial charge in [0.15, 0.2) is 11.6 Å². The molecule has 14 heavy (non-hydrogen) atoms. The Labute approximate surface area is 88.8 Å². The molecule has 0 saturated heterocycles. The number of aromatic nitrogens is 1. The van der Waals surface area contributed by atoms with E-state index in [4.69, 9.17) is 4.74 Å². The molecule has 2 aromatic rings. The third kappa shape index (κ3) is 1.46. The summed E-state index contributed by atoms with van der Waals surface area (Å²) in [5.41, 5.74) is 0.617. The van der Waals surface area contributed by atoms with Crippen molar-refractivity contribution in [2.75, 3.05) is 7.11 Å². The van der Waals surface area contributed by atoms with E-state index in [0.717, 1.165) is 4.47 Å². The molecule has 1 aromatic carbocycles. The lowest BCUT2D eigenvalue weighted by Crippen LogP contribution is -1.90. The molecule has 0 aliphatic rings. The minimum Gasteiger partial charge on any atom is -0.494 e. The minimum absolute atomic E-state index is 0.234. The Hall–Kier alpha value is -1.16. The fourth-order valence-corrected chi connectivity index (χ4v) is 1.61. The van der Waals surface area contributed by atoms with Crippen molar-refractivity contribution < 1.29 is 9.13 Å². The molecule has 0 fully saturated rings. The van der Waals surface area contributed by atoms with Crippen LogP contribution in [-0.2, 0) is 0 Å². The summed E-state index contributed by atoms with van der Waals surface area (Å²) in [4.78, 5) is 4.07. The van der Waals surface area contributed by atoms with Crippen LogP contribution in [0.25, 0.3) is 10.9 Å². The van der Waals surface area contributed by atoms with Crippen LogP contribution in [0.15, 0.2) is 28.9 Å². The Kier molecular flexibility index (Phi) is 2.37. The van der Waals surface area contributed by atoms with Gasteiger partial charge in [-0.1, -0.05) is 0 Å². The largest absolute Gasteiger partial charge is 0.494 e. The van der Waals surface area contributed by atoms with Gasteiger partial charge in [0.25, 0.3) is 0 Å². The molecule has 1 aromatic heterocycles. The SMILES string of the molecule is COc1ccc2ncc(Br)cc2c1F. The van der Waals surface area contributed by atoms with Gasteiger partial charge in [-0.3, -0.25) is 4.98 Å². The Bertz CT molecular complexity index is 487. The first-order valence-corrected chi connectivity index (χ1v) is 4.79. The second kappa shape index (κ2) is 3.53. The van der Waals surface area contributed by atoms with E-state index in [1.807, 2.05) is 0 Å². The first-order valence-electron chi connectivity index (χ1n) is 4.00. The monoisotopic (exact) mass is 255 g/mol. The van der Waals surface area contributed by atoms with E-state index in [1.54, 1.807) is 24.4 Å². The zero-order valence-electron chi connectivity index (χ0n) is 7.42. The predicted molar refractivity (Wildman–Crippen MR) is 56.0 cm³/mol. The summed E-state index contributed by atoms with van der Waals surface area (Å²) in [6.07, 6.45) is 1.63. The van der Waals surface area contributed by atoms with Gasteiger partial charge in [-0.2, -0.15) is 0 Å². The van der Waals surface area contributed by atoms with Gasteiger partial charge in [0.05, 0.1) is 12.6 Å². The van der Waals surface area contributed by atoms with Gasteiger partial charge >= 0.3 is 0 Å². The summed E-state index contributed by atoms with van der Waals surface area (Å²) in [6, 6.07) is 4.97. The van der Waals surface area contributed by atoms with E-state index < -0.39 is 0 Å². The summed E-state index contributed by atoms with van der Waals surface area (Å²) in [6.45, 7) is 0. The van der Waals surface area contributed by atoms with Gasteiger partial charge in [-0.05, 0) is 34.1 Å². The van der Waals surface area contributed by atoms with Crippen LogP contribution in [-0.4, -0.2) is 12.1 Å². The van der Waals surface area contributed by atoms with Crippen molar-refractivity contribution in [1.29, 1.82) is 0 Å². The van der Waals surface area contributed by atoms with Crippen molar-refractivity contribution in [2.24, 2.45) is 0 Å². The second-order valence-corrected chi connectivity index (χ2v) is 3.72. The fraction of sp³-hybridized carbons (Fsp3) is 0.100. The molecule has 0 atom stereocenters. The molecule has 0 amide bonds. The van der Waals surface area contributed by atoms with Crippen molar-refractivity contribution in [1.82, 2.24) is 4.98 Å². The predicted octanol–water partition coefficient (Wildman–Crippen LogP) is 3.15. The zero-order chi connectivity index (χ0) is 10.1. The van der Waals surface area contributed by atoms with Crippen LogP contribution in [0, 0.1) is 5.82 Å². The van der Waals surface area contributed by atoms with Gasteiger partial charge in [-0.25, -0.2) is 4.39 Å².